The Hall–Kier alpha value is -0.330. The van der Waals surface area contributed by atoms with Gasteiger partial charge in [0.2, 0.25) is 5.91 Å². The zero-order valence-electron chi connectivity index (χ0n) is 12.4. The van der Waals surface area contributed by atoms with Crippen LogP contribution >= 0.6 is 24.0 Å². The summed E-state index contributed by atoms with van der Waals surface area (Å²) < 4.78 is -0.185. The van der Waals surface area contributed by atoms with Crippen molar-refractivity contribution >= 4 is 34.9 Å². The van der Waals surface area contributed by atoms with Crippen LogP contribution in [0.3, 0.4) is 0 Å². The van der Waals surface area contributed by atoms with Gasteiger partial charge >= 0.3 is 0 Å². The van der Waals surface area contributed by atoms with Gasteiger partial charge in [0.1, 0.15) is 0 Å². The quantitative estimate of drug-likeness (QED) is 0.797. The first-order valence-corrected chi connectivity index (χ1v) is 8.84. The number of amides is 1. The molecule has 0 aromatic carbocycles. The van der Waals surface area contributed by atoms with Crippen LogP contribution in [0.5, 0.6) is 0 Å². The van der Waals surface area contributed by atoms with Crippen molar-refractivity contribution in [2.45, 2.75) is 43.9 Å². The minimum Gasteiger partial charge on any atom is -0.392 e. The second kappa shape index (κ2) is 6.62. The van der Waals surface area contributed by atoms with Gasteiger partial charge in [-0.1, -0.05) is 19.1 Å². The lowest BCUT2D eigenvalue weighted by atomic mass is 10.0. The average Bonchev–Trinajstić information content (AvgIpc) is 2.87. The molecule has 114 valence electrons. The molecule has 1 amide bonds. The van der Waals surface area contributed by atoms with Crippen molar-refractivity contribution in [3.63, 3.8) is 0 Å². The average molecular weight is 316 g/mol. The molecule has 6 heteroatoms. The summed E-state index contributed by atoms with van der Waals surface area (Å²) in [5.74, 6) is 1.43. The first-order chi connectivity index (χ1) is 9.48. The van der Waals surface area contributed by atoms with Crippen LogP contribution in [0, 0.1) is 0 Å². The standard InChI is InChI=1S/C14H25N3OS2/c1-3-11(12(15)19)16-6-8-17(9-7-16)13(18)14(2)5-4-10-20-14/h11H,3-10H2,1-2H3,(H2,15,19). The minimum atomic E-state index is -0.185. The lowest BCUT2D eigenvalue weighted by Gasteiger charge is -2.41. The summed E-state index contributed by atoms with van der Waals surface area (Å²) in [5, 5.41) is 0. The highest BCUT2D eigenvalue weighted by Gasteiger charge is 2.41. The molecule has 2 aliphatic heterocycles. The normalized spacial score (nSPS) is 29.4. The number of thioether (sulfide) groups is 1. The zero-order chi connectivity index (χ0) is 14.8. The Labute approximate surface area is 131 Å². The molecule has 0 saturated carbocycles. The summed E-state index contributed by atoms with van der Waals surface area (Å²) in [6, 6.07) is 0.179. The van der Waals surface area contributed by atoms with Crippen molar-refractivity contribution in [2.75, 3.05) is 31.9 Å². The molecule has 2 fully saturated rings. The van der Waals surface area contributed by atoms with Crippen molar-refractivity contribution in [3.8, 4) is 0 Å². The van der Waals surface area contributed by atoms with Crippen LogP contribution in [-0.4, -0.2) is 63.4 Å². The Balaban J connectivity index is 1.91. The summed E-state index contributed by atoms with van der Waals surface area (Å²) in [4.78, 5) is 17.6. The molecule has 2 atom stereocenters. The molecule has 2 heterocycles. The van der Waals surface area contributed by atoms with E-state index in [0.717, 1.165) is 51.2 Å². The van der Waals surface area contributed by atoms with Crippen LogP contribution in [0.1, 0.15) is 33.1 Å². The van der Waals surface area contributed by atoms with Crippen molar-refractivity contribution < 1.29 is 4.79 Å². The molecule has 2 N–H and O–H groups in total. The fraction of sp³-hybridized carbons (Fsp3) is 0.857. The van der Waals surface area contributed by atoms with Crippen LogP contribution in [-0.2, 0) is 4.79 Å². The highest BCUT2D eigenvalue weighted by atomic mass is 32.2. The van der Waals surface area contributed by atoms with Gasteiger partial charge in [0.15, 0.2) is 0 Å². The molecule has 0 aromatic heterocycles. The van der Waals surface area contributed by atoms with Gasteiger partial charge in [0.25, 0.3) is 0 Å². The number of rotatable bonds is 4. The third-order valence-electron chi connectivity index (χ3n) is 4.43. The van der Waals surface area contributed by atoms with Crippen LogP contribution < -0.4 is 5.73 Å². The van der Waals surface area contributed by atoms with E-state index in [0.29, 0.717) is 10.9 Å². The summed E-state index contributed by atoms with van der Waals surface area (Å²) >= 11 is 6.95. The van der Waals surface area contributed by atoms with E-state index >= 15 is 0 Å². The van der Waals surface area contributed by atoms with Gasteiger partial charge in [0.05, 0.1) is 15.8 Å². The maximum Gasteiger partial charge on any atom is 0.238 e. The Morgan fingerprint density at radius 2 is 2.05 bits per heavy atom. The van der Waals surface area contributed by atoms with Crippen LogP contribution in [0.2, 0.25) is 0 Å². The molecule has 0 bridgehead atoms. The Bertz CT molecular complexity index is 375. The predicted octanol–water partition coefficient (Wildman–Crippen LogP) is 1.48. The highest BCUT2D eigenvalue weighted by molar-refractivity contribution is 8.01. The molecule has 2 saturated heterocycles. The summed E-state index contributed by atoms with van der Waals surface area (Å²) in [5.41, 5.74) is 5.80. The zero-order valence-corrected chi connectivity index (χ0v) is 14.1. The van der Waals surface area contributed by atoms with Gasteiger partial charge in [-0.05, 0) is 31.9 Å². The molecule has 20 heavy (non-hydrogen) atoms. The molecule has 0 radical (unpaired) electrons. The van der Waals surface area contributed by atoms with E-state index < -0.39 is 0 Å². The second-order valence-corrected chi connectivity index (χ2v) is 7.91. The largest absolute Gasteiger partial charge is 0.392 e. The summed E-state index contributed by atoms with van der Waals surface area (Å²) in [7, 11) is 0. The maximum absolute atomic E-state index is 12.6. The fourth-order valence-corrected chi connectivity index (χ4v) is 4.75. The molecular weight excluding hydrogens is 290 g/mol. The molecule has 2 aliphatic rings. The van der Waals surface area contributed by atoms with E-state index in [4.69, 9.17) is 18.0 Å². The SMILES string of the molecule is CCC(C(N)=S)N1CCN(C(=O)C2(C)CCCS2)CC1. The monoisotopic (exact) mass is 315 g/mol. The molecule has 2 rings (SSSR count). The van der Waals surface area contributed by atoms with Crippen molar-refractivity contribution in [1.82, 2.24) is 9.80 Å². The lowest BCUT2D eigenvalue weighted by Crippen LogP contribution is -2.57. The number of thiocarbonyl (C=S) groups is 1. The Kier molecular flexibility index (Phi) is 5.31. The van der Waals surface area contributed by atoms with Gasteiger partial charge in [-0.3, -0.25) is 9.69 Å². The van der Waals surface area contributed by atoms with E-state index in [2.05, 4.69) is 18.7 Å². The second-order valence-electron chi connectivity index (χ2n) is 5.84. The van der Waals surface area contributed by atoms with Crippen LogP contribution in [0.4, 0.5) is 0 Å². The van der Waals surface area contributed by atoms with Gasteiger partial charge in [-0.15, -0.1) is 11.8 Å². The van der Waals surface area contributed by atoms with E-state index in [9.17, 15) is 4.79 Å². The molecule has 0 aliphatic carbocycles. The number of hydrogen-bond donors (Lipinski definition) is 1. The molecule has 0 aromatic rings. The topological polar surface area (TPSA) is 49.6 Å². The van der Waals surface area contributed by atoms with Gasteiger partial charge in [-0.2, -0.15) is 0 Å². The van der Waals surface area contributed by atoms with E-state index in [1.165, 1.54) is 0 Å². The van der Waals surface area contributed by atoms with E-state index in [-0.39, 0.29) is 10.8 Å². The number of carbonyl (C=O) groups excluding carboxylic acids is 1. The highest BCUT2D eigenvalue weighted by Crippen LogP contribution is 2.39. The summed E-state index contributed by atoms with van der Waals surface area (Å²) in [6.45, 7) is 7.56. The van der Waals surface area contributed by atoms with Crippen molar-refractivity contribution in [3.05, 3.63) is 0 Å². The van der Waals surface area contributed by atoms with E-state index in [1.54, 1.807) is 0 Å². The molecular formula is C14H25N3OS2. The molecule has 4 nitrogen and oxygen atoms in total. The predicted molar refractivity (Wildman–Crippen MR) is 89.1 cm³/mol. The number of hydrogen-bond acceptors (Lipinski definition) is 4. The van der Waals surface area contributed by atoms with Crippen molar-refractivity contribution in [2.24, 2.45) is 5.73 Å². The maximum atomic E-state index is 12.6. The van der Waals surface area contributed by atoms with Gasteiger partial charge in [-0.25, -0.2) is 0 Å². The third-order valence-corrected chi connectivity index (χ3v) is 6.21. The molecule has 0 spiro atoms. The Morgan fingerprint density at radius 3 is 2.50 bits per heavy atom. The first-order valence-electron chi connectivity index (χ1n) is 7.44. The third kappa shape index (κ3) is 3.28. The lowest BCUT2D eigenvalue weighted by molar-refractivity contribution is -0.135. The summed E-state index contributed by atoms with van der Waals surface area (Å²) in [6.07, 6.45) is 3.12. The molecule has 2 unspecified atom stereocenters. The smallest absolute Gasteiger partial charge is 0.238 e. The van der Waals surface area contributed by atoms with Crippen LogP contribution in [0.15, 0.2) is 0 Å². The number of nitrogens with zero attached hydrogens (tertiary/aromatic N) is 2. The first kappa shape index (κ1) is 16.0. The fourth-order valence-electron chi connectivity index (χ4n) is 3.16. The Morgan fingerprint density at radius 1 is 1.40 bits per heavy atom. The van der Waals surface area contributed by atoms with Crippen molar-refractivity contribution in [1.29, 1.82) is 0 Å². The number of nitrogens with two attached hydrogens (primary N) is 1. The number of carbonyl (C=O) groups is 1. The van der Waals surface area contributed by atoms with E-state index in [1.807, 2.05) is 16.7 Å². The minimum absolute atomic E-state index is 0.179. The van der Waals surface area contributed by atoms with Crippen LogP contribution in [0.25, 0.3) is 0 Å². The number of piperazine rings is 1. The van der Waals surface area contributed by atoms with Gasteiger partial charge in [0, 0.05) is 26.2 Å². The van der Waals surface area contributed by atoms with Gasteiger partial charge < -0.3 is 10.6 Å².